The molecule has 1 aromatic heterocycles. The number of rotatable bonds is 8. The molecule has 2 N–H and O–H groups in total. The summed E-state index contributed by atoms with van der Waals surface area (Å²) in [6.07, 6.45) is 4.59. The van der Waals surface area contributed by atoms with Gasteiger partial charge in [-0.05, 0) is 38.8 Å². The molecule has 0 saturated carbocycles. The molecule has 0 amide bonds. The molecular formula is C12H23N3S2. The minimum absolute atomic E-state index is 0.489. The summed E-state index contributed by atoms with van der Waals surface area (Å²) in [7, 11) is 2.16. The molecule has 0 bridgehead atoms. The molecule has 0 fully saturated rings. The van der Waals surface area contributed by atoms with Crippen LogP contribution in [0.4, 0.5) is 0 Å². The highest BCUT2D eigenvalue weighted by molar-refractivity contribution is 7.98. The van der Waals surface area contributed by atoms with E-state index in [1.54, 1.807) is 11.3 Å². The van der Waals surface area contributed by atoms with E-state index in [1.807, 2.05) is 17.3 Å². The van der Waals surface area contributed by atoms with Crippen LogP contribution in [0.25, 0.3) is 0 Å². The normalized spacial score (nSPS) is 13.2. The molecule has 1 rings (SSSR count). The lowest BCUT2D eigenvalue weighted by molar-refractivity contribution is 0.228. The van der Waals surface area contributed by atoms with E-state index in [-0.39, 0.29) is 0 Å². The Balaban J connectivity index is 2.43. The number of nitrogens with zero attached hydrogens (tertiary/aromatic N) is 2. The number of aryl methyl sites for hydroxylation is 1. The molecule has 0 aromatic carbocycles. The zero-order valence-electron chi connectivity index (χ0n) is 11.0. The van der Waals surface area contributed by atoms with E-state index in [0.29, 0.717) is 6.04 Å². The molecule has 0 spiro atoms. The minimum Gasteiger partial charge on any atom is -0.329 e. The van der Waals surface area contributed by atoms with Crippen molar-refractivity contribution < 1.29 is 0 Å². The molecule has 98 valence electrons. The van der Waals surface area contributed by atoms with Crippen molar-refractivity contribution in [2.45, 2.75) is 32.4 Å². The molecule has 0 radical (unpaired) electrons. The molecule has 1 aromatic rings. The molecule has 0 aliphatic rings. The van der Waals surface area contributed by atoms with Gasteiger partial charge in [-0.1, -0.05) is 0 Å². The van der Waals surface area contributed by atoms with Gasteiger partial charge in [0.05, 0.1) is 11.2 Å². The minimum atomic E-state index is 0.489. The third-order valence-corrected chi connectivity index (χ3v) is 4.64. The molecule has 1 atom stereocenters. The summed E-state index contributed by atoms with van der Waals surface area (Å²) < 4.78 is 0. The van der Waals surface area contributed by atoms with Crippen molar-refractivity contribution in [3.05, 3.63) is 16.1 Å². The van der Waals surface area contributed by atoms with E-state index >= 15 is 0 Å². The van der Waals surface area contributed by atoms with Crippen molar-refractivity contribution in [3.8, 4) is 0 Å². The van der Waals surface area contributed by atoms with Crippen LogP contribution in [0.15, 0.2) is 5.51 Å². The number of nitrogens with two attached hydrogens (primary N) is 1. The highest BCUT2D eigenvalue weighted by Gasteiger charge is 2.14. The van der Waals surface area contributed by atoms with Gasteiger partial charge in [0.2, 0.25) is 0 Å². The number of thioether (sulfide) groups is 1. The molecule has 1 heterocycles. The Kier molecular flexibility index (Phi) is 7.11. The second kappa shape index (κ2) is 8.08. The van der Waals surface area contributed by atoms with Gasteiger partial charge < -0.3 is 5.73 Å². The first-order chi connectivity index (χ1) is 8.19. The molecule has 1 unspecified atom stereocenters. The number of thiazole rings is 1. The number of aromatic nitrogens is 1. The summed E-state index contributed by atoms with van der Waals surface area (Å²) in [5.74, 6) is 1.23. The van der Waals surface area contributed by atoms with Crippen LogP contribution < -0.4 is 5.73 Å². The maximum absolute atomic E-state index is 5.86. The molecular weight excluding hydrogens is 250 g/mol. The van der Waals surface area contributed by atoms with E-state index in [1.165, 1.54) is 23.5 Å². The molecule has 5 heteroatoms. The van der Waals surface area contributed by atoms with Gasteiger partial charge in [0.25, 0.3) is 0 Å². The largest absolute Gasteiger partial charge is 0.329 e. The van der Waals surface area contributed by atoms with E-state index in [4.69, 9.17) is 5.73 Å². The Hall–Kier alpha value is -0.100. The first-order valence-corrected chi connectivity index (χ1v) is 8.24. The van der Waals surface area contributed by atoms with Gasteiger partial charge in [0.1, 0.15) is 0 Å². The average Bonchev–Trinajstić information content (AvgIpc) is 2.70. The van der Waals surface area contributed by atoms with Gasteiger partial charge in [0.15, 0.2) is 0 Å². The summed E-state index contributed by atoms with van der Waals surface area (Å²) in [6, 6.07) is 0.489. The van der Waals surface area contributed by atoms with Crippen LogP contribution in [0.5, 0.6) is 0 Å². The molecule has 3 nitrogen and oxygen atoms in total. The first-order valence-electron chi connectivity index (χ1n) is 5.97. The predicted octanol–water partition coefficient (Wildman–Crippen LogP) is 2.35. The van der Waals surface area contributed by atoms with Crippen molar-refractivity contribution in [1.29, 1.82) is 0 Å². The number of likely N-dealkylation sites (N-methyl/N-ethyl adjacent to an activating group) is 1. The van der Waals surface area contributed by atoms with E-state index < -0.39 is 0 Å². The van der Waals surface area contributed by atoms with Gasteiger partial charge >= 0.3 is 0 Å². The van der Waals surface area contributed by atoms with Crippen LogP contribution in [0.3, 0.4) is 0 Å². The van der Waals surface area contributed by atoms with Gasteiger partial charge in [-0.3, -0.25) is 4.90 Å². The Morgan fingerprint density at radius 2 is 2.35 bits per heavy atom. The Bertz CT molecular complexity index is 314. The highest BCUT2D eigenvalue weighted by Crippen LogP contribution is 2.17. The zero-order chi connectivity index (χ0) is 12.7. The van der Waals surface area contributed by atoms with Crippen LogP contribution in [-0.2, 0) is 6.54 Å². The van der Waals surface area contributed by atoms with E-state index in [0.717, 1.165) is 18.8 Å². The fourth-order valence-corrected chi connectivity index (χ4v) is 3.11. The van der Waals surface area contributed by atoms with Crippen LogP contribution in [0.1, 0.15) is 23.4 Å². The maximum atomic E-state index is 5.86. The standard InChI is InChI=1S/C12H23N3S2/c1-10-12(17-9-14-10)8-15(2)11(7-13)5-4-6-16-3/h9,11H,4-8,13H2,1-3H3. The summed E-state index contributed by atoms with van der Waals surface area (Å²) in [5, 5.41) is 0. The van der Waals surface area contributed by atoms with Crippen LogP contribution in [0.2, 0.25) is 0 Å². The molecule has 17 heavy (non-hydrogen) atoms. The average molecular weight is 273 g/mol. The van der Waals surface area contributed by atoms with E-state index in [2.05, 4.69) is 30.1 Å². The summed E-state index contributed by atoms with van der Waals surface area (Å²) >= 11 is 3.64. The Labute approximate surface area is 113 Å². The molecule has 0 aliphatic heterocycles. The van der Waals surface area contributed by atoms with Crippen LogP contribution in [-0.4, -0.2) is 41.5 Å². The van der Waals surface area contributed by atoms with Crippen molar-refractivity contribution >= 4 is 23.1 Å². The van der Waals surface area contributed by atoms with Gasteiger partial charge in [0, 0.05) is 24.0 Å². The fourth-order valence-electron chi connectivity index (χ4n) is 1.82. The number of hydrogen-bond donors (Lipinski definition) is 1. The SMILES string of the molecule is CSCCCC(CN)N(C)Cc1scnc1C. The summed E-state index contributed by atoms with van der Waals surface area (Å²) in [6.45, 7) is 3.78. The fraction of sp³-hybridized carbons (Fsp3) is 0.750. The highest BCUT2D eigenvalue weighted by atomic mass is 32.2. The van der Waals surface area contributed by atoms with Crippen molar-refractivity contribution in [2.75, 3.05) is 25.6 Å². The summed E-state index contributed by atoms with van der Waals surface area (Å²) in [5.41, 5.74) is 8.94. The van der Waals surface area contributed by atoms with Gasteiger partial charge in [-0.2, -0.15) is 11.8 Å². The van der Waals surface area contributed by atoms with Crippen molar-refractivity contribution in [1.82, 2.24) is 9.88 Å². The molecule has 0 saturated heterocycles. The van der Waals surface area contributed by atoms with E-state index in [9.17, 15) is 0 Å². The third kappa shape index (κ3) is 4.95. The lowest BCUT2D eigenvalue weighted by Gasteiger charge is -2.26. The second-order valence-corrected chi connectivity index (χ2v) is 6.23. The van der Waals surface area contributed by atoms with Crippen LogP contribution in [0, 0.1) is 6.92 Å². The summed E-state index contributed by atoms with van der Waals surface area (Å²) in [4.78, 5) is 8.01. The topological polar surface area (TPSA) is 42.1 Å². The Morgan fingerprint density at radius 1 is 1.59 bits per heavy atom. The number of hydrogen-bond acceptors (Lipinski definition) is 5. The predicted molar refractivity (Wildman–Crippen MR) is 78.8 cm³/mol. The van der Waals surface area contributed by atoms with Crippen LogP contribution >= 0.6 is 23.1 Å². The first kappa shape index (κ1) is 15.0. The second-order valence-electron chi connectivity index (χ2n) is 4.30. The quantitative estimate of drug-likeness (QED) is 0.738. The zero-order valence-corrected chi connectivity index (χ0v) is 12.6. The lowest BCUT2D eigenvalue weighted by atomic mass is 10.1. The molecule has 0 aliphatic carbocycles. The smallest absolute Gasteiger partial charge is 0.0798 e. The third-order valence-electron chi connectivity index (χ3n) is 3.02. The monoisotopic (exact) mass is 273 g/mol. The Morgan fingerprint density at radius 3 is 2.88 bits per heavy atom. The van der Waals surface area contributed by atoms with Gasteiger partial charge in [-0.25, -0.2) is 4.98 Å². The lowest BCUT2D eigenvalue weighted by Crippen LogP contribution is -2.37. The van der Waals surface area contributed by atoms with Crippen molar-refractivity contribution in [3.63, 3.8) is 0 Å². The van der Waals surface area contributed by atoms with Gasteiger partial charge in [-0.15, -0.1) is 11.3 Å². The maximum Gasteiger partial charge on any atom is 0.0798 e. The van der Waals surface area contributed by atoms with Crippen molar-refractivity contribution in [2.24, 2.45) is 5.73 Å².